The summed E-state index contributed by atoms with van der Waals surface area (Å²) in [6.07, 6.45) is -5.99. The maximum atomic E-state index is 13.2. The molecule has 3 N–H and O–H groups in total. The van der Waals surface area contributed by atoms with E-state index < -0.39 is 47.1 Å². The number of primary amides is 1. The summed E-state index contributed by atoms with van der Waals surface area (Å²) in [6.45, 7) is 4.67. The van der Waals surface area contributed by atoms with Crippen molar-refractivity contribution in [2.75, 3.05) is 0 Å². The van der Waals surface area contributed by atoms with E-state index in [9.17, 15) is 35.5 Å². The molecule has 0 saturated carbocycles. The van der Waals surface area contributed by atoms with Crippen LogP contribution < -0.4 is 11.2 Å². The molecular weight excluding hydrogens is 483 g/mol. The Morgan fingerprint density at radius 2 is 1.71 bits per heavy atom. The minimum absolute atomic E-state index is 0.0118. The van der Waals surface area contributed by atoms with E-state index in [0.717, 1.165) is 36.2 Å². The number of allylic oxidation sites excluding steroid dienone is 2. The molecule has 1 aromatic carbocycles. The zero-order valence-corrected chi connectivity index (χ0v) is 18.8. The fourth-order valence-corrected chi connectivity index (χ4v) is 2.84. The summed E-state index contributed by atoms with van der Waals surface area (Å²) >= 11 is 0. The predicted molar refractivity (Wildman–Crippen MR) is 116 cm³/mol. The second-order valence-electron chi connectivity index (χ2n) is 7.50. The molecule has 0 fully saturated rings. The standard InChI is InChI=1S/C22H22F7N5O/c1-4-12(2)5-15(9-31-13(3)23)18(19(30)35)10-34-11-32-20(33-34)14-6-16(21(24,25)26)8-17(7-14)22(27,28)29/h5-11,20,33H,4H2,1-3H3,(H2,30,35)/b12-5+,15-9+,18-10+,31-13?. The van der Waals surface area contributed by atoms with Crippen LogP contribution in [-0.4, -0.2) is 23.2 Å². The van der Waals surface area contributed by atoms with Crippen LogP contribution in [0.4, 0.5) is 30.7 Å². The minimum Gasteiger partial charge on any atom is -0.366 e. The molecule has 0 spiro atoms. The average Bonchev–Trinajstić information content (AvgIpc) is 3.22. The molecule has 2 rings (SSSR count). The first-order chi connectivity index (χ1) is 16.1. The zero-order chi connectivity index (χ0) is 26.6. The molecule has 35 heavy (non-hydrogen) atoms. The Morgan fingerprint density at radius 3 is 2.17 bits per heavy atom. The van der Waals surface area contributed by atoms with Crippen LogP contribution in [0.3, 0.4) is 0 Å². The van der Waals surface area contributed by atoms with Gasteiger partial charge in [0.05, 0.1) is 16.7 Å². The van der Waals surface area contributed by atoms with Crippen molar-refractivity contribution in [1.82, 2.24) is 10.4 Å². The monoisotopic (exact) mass is 505 g/mol. The summed E-state index contributed by atoms with van der Waals surface area (Å²) in [5.41, 5.74) is 5.39. The third-order valence-corrected chi connectivity index (χ3v) is 4.72. The van der Waals surface area contributed by atoms with Crippen molar-refractivity contribution in [1.29, 1.82) is 0 Å². The van der Waals surface area contributed by atoms with E-state index in [1.807, 2.05) is 6.92 Å². The van der Waals surface area contributed by atoms with Crippen molar-refractivity contribution in [2.45, 2.75) is 45.7 Å². The molecule has 0 saturated heterocycles. The van der Waals surface area contributed by atoms with Gasteiger partial charge in [-0.15, -0.1) is 0 Å². The summed E-state index contributed by atoms with van der Waals surface area (Å²) in [5.74, 6) is -1.74. The minimum atomic E-state index is -5.02. The topological polar surface area (TPSA) is 83.1 Å². The van der Waals surface area contributed by atoms with Crippen molar-refractivity contribution in [3.8, 4) is 0 Å². The number of nitrogens with zero attached hydrogens (tertiary/aromatic N) is 3. The van der Waals surface area contributed by atoms with Gasteiger partial charge in [-0.25, -0.2) is 15.4 Å². The van der Waals surface area contributed by atoms with Gasteiger partial charge in [0.25, 0.3) is 5.91 Å². The van der Waals surface area contributed by atoms with Gasteiger partial charge < -0.3 is 5.73 Å². The molecule has 0 aliphatic carbocycles. The van der Waals surface area contributed by atoms with Crippen LogP contribution in [-0.2, 0) is 17.1 Å². The Morgan fingerprint density at radius 1 is 1.14 bits per heavy atom. The molecule has 0 bridgehead atoms. The van der Waals surface area contributed by atoms with Crippen molar-refractivity contribution in [3.63, 3.8) is 0 Å². The number of hydrazine groups is 1. The lowest BCUT2D eigenvalue weighted by Crippen LogP contribution is -2.31. The number of carbonyl (C=O) groups excluding carboxylic acids is 1. The molecule has 190 valence electrons. The molecule has 6 nitrogen and oxygen atoms in total. The van der Waals surface area contributed by atoms with E-state index in [0.29, 0.717) is 18.6 Å². The number of hydrogen-bond donors (Lipinski definition) is 2. The van der Waals surface area contributed by atoms with Crippen LogP contribution >= 0.6 is 0 Å². The predicted octanol–water partition coefficient (Wildman–Crippen LogP) is 5.57. The highest BCUT2D eigenvalue weighted by atomic mass is 19.4. The van der Waals surface area contributed by atoms with Crippen molar-refractivity contribution in [3.05, 3.63) is 70.1 Å². The van der Waals surface area contributed by atoms with E-state index >= 15 is 0 Å². The summed E-state index contributed by atoms with van der Waals surface area (Å²) in [7, 11) is 0. The summed E-state index contributed by atoms with van der Waals surface area (Å²) in [5, 5.41) is 1.05. The van der Waals surface area contributed by atoms with Crippen LogP contribution in [0.2, 0.25) is 0 Å². The molecule has 1 atom stereocenters. The smallest absolute Gasteiger partial charge is 0.366 e. The molecule has 1 heterocycles. The molecule has 1 unspecified atom stereocenters. The summed E-state index contributed by atoms with van der Waals surface area (Å²) in [4.78, 5) is 19.5. The molecule has 1 aromatic rings. The van der Waals surface area contributed by atoms with E-state index in [2.05, 4.69) is 15.4 Å². The second-order valence-corrected chi connectivity index (χ2v) is 7.50. The Balaban J connectivity index is 2.46. The van der Waals surface area contributed by atoms with Gasteiger partial charge in [0.15, 0.2) is 5.97 Å². The van der Waals surface area contributed by atoms with Gasteiger partial charge in [0.2, 0.25) is 0 Å². The lowest BCUT2D eigenvalue weighted by molar-refractivity contribution is -0.143. The van der Waals surface area contributed by atoms with Crippen molar-refractivity contribution < 1.29 is 35.5 Å². The number of amides is 1. The first kappa shape index (κ1) is 27.8. The quantitative estimate of drug-likeness (QED) is 0.220. The van der Waals surface area contributed by atoms with Gasteiger partial charge in [0, 0.05) is 24.9 Å². The number of nitrogens with two attached hydrogens (primary N) is 1. The third-order valence-electron chi connectivity index (χ3n) is 4.72. The summed E-state index contributed by atoms with van der Waals surface area (Å²) < 4.78 is 92.2. The maximum Gasteiger partial charge on any atom is 0.416 e. The Hall–Kier alpha value is -3.48. The van der Waals surface area contributed by atoms with Crippen LogP contribution in [0.25, 0.3) is 0 Å². The molecule has 1 amide bonds. The van der Waals surface area contributed by atoms with Crippen LogP contribution in [0, 0.1) is 0 Å². The van der Waals surface area contributed by atoms with E-state index in [1.54, 1.807) is 6.92 Å². The maximum absolute atomic E-state index is 13.2. The van der Waals surface area contributed by atoms with Crippen LogP contribution in [0.1, 0.15) is 50.0 Å². The zero-order valence-electron chi connectivity index (χ0n) is 18.8. The average molecular weight is 505 g/mol. The summed E-state index contributed by atoms with van der Waals surface area (Å²) in [6, 6.07) is 1.10. The number of rotatable bonds is 7. The fraction of sp³-hybridized carbons (Fsp3) is 0.318. The Bertz CT molecular complexity index is 1080. The molecule has 0 aromatic heterocycles. The van der Waals surface area contributed by atoms with E-state index in [4.69, 9.17) is 5.73 Å². The number of hydrogen-bond acceptors (Lipinski definition) is 5. The number of carbonyl (C=O) groups is 1. The number of aliphatic imine (C=N–C) groups is 2. The number of halogens is 7. The van der Waals surface area contributed by atoms with E-state index in [1.165, 1.54) is 6.08 Å². The lowest BCUT2D eigenvalue weighted by atomic mass is 10.0. The fourth-order valence-electron chi connectivity index (χ4n) is 2.84. The van der Waals surface area contributed by atoms with Gasteiger partial charge in [-0.2, -0.15) is 30.7 Å². The van der Waals surface area contributed by atoms with E-state index in [-0.39, 0.29) is 17.2 Å². The number of benzene rings is 1. The SMILES string of the molecule is CC/C(C)=C/C(=C\N=C(C)F)C(=C\N1C=NC(c2cc(C(F)(F)F)cc(C(F)(F)F)c2)N1)/C(N)=O. The highest BCUT2D eigenvalue weighted by Crippen LogP contribution is 2.38. The molecule has 0 radical (unpaired) electrons. The highest BCUT2D eigenvalue weighted by molar-refractivity contribution is 5.97. The van der Waals surface area contributed by atoms with Gasteiger partial charge in [0.1, 0.15) is 12.5 Å². The normalized spacial score (nSPS) is 18.5. The van der Waals surface area contributed by atoms with Gasteiger partial charge >= 0.3 is 12.4 Å². The first-order valence-corrected chi connectivity index (χ1v) is 10.1. The Kier molecular flexibility index (Phi) is 8.60. The van der Waals surface area contributed by atoms with Crippen molar-refractivity contribution in [2.24, 2.45) is 15.7 Å². The first-order valence-electron chi connectivity index (χ1n) is 10.1. The molecule has 1 aliphatic heterocycles. The molecular formula is C22H22F7N5O. The van der Waals surface area contributed by atoms with Crippen LogP contribution in [0.5, 0.6) is 0 Å². The van der Waals surface area contributed by atoms with Gasteiger partial charge in [-0.3, -0.25) is 9.80 Å². The second kappa shape index (κ2) is 10.8. The lowest BCUT2D eigenvalue weighted by Gasteiger charge is -2.19. The largest absolute Gasteiger partial charge is 0.416 e. The van der Waals surface area contributed by atoms with Gasteiger partial charge in [-0.1, -0.05) is 18.6 Å². The van der Waals surface area contributed by atoms with Crippen molar-refractivity contribution >= 4 is 18.2 Å². The molecule has 13 heteroatoms. The third kappa shape index (κ3) is 7.77. The number of alkyl halides is 6. The highest BCUT2D eigenvalue weighted by Gasteiger charge is 2.38. The molecule has 1 aliphatic rings. The van der Waals surface area contributed by atoms with Gasteiger partial charge in [-0.05, 0) is 37.1 Å². The Labute approximate surface area is 196 Å². The van der Waals surface area contributed by atoms with Crippen LogP contribution in [0.15, 0.2) is 63.4 Å². The number of nitrogens with one attached hydrogen (secondary N) is 1.